The smallest absolute Gasteiger partial charge is 0.257 e. The third kappa shape index (κ3) is 4.54. The zero-order chi connectivity index (χ0) is 24.2. The van der Waals surface area contributed by atoms with Crippen LogP contribution in [0, 0.1) is 0 Å². The van der Waals surface area contributed by atoms with Gasteiger partial charge in [-0.05, 0) is 42.7 Å². The summed E-state index contributed by atoms with van der Waals surface area (Å²) in [7, 11) is 0. The van der Waals surface area contributed by atoms with E-state index in [9.17, 15) is 9.90 Å². The van der Waals surface area contributed by atoms with E-state index in [1.54, 1.807) is 24.3 Å². The predicted molar refractivity (Wildman–Crippen MR) is 138 cm³/mol. The molecule has 0 radical (unpaired) electrons. The van der Waals surface area contributed by atoms with E-state index in [1.807, 2.05) is 42.5 Å². The van der Waals surface area contributed by atoms with Gasteiger partial charge in [0.2, 0.25) is 0 Å². The average Bonchev–Trinajstić information content (AvgIpc) is 3.15. The number of aromatic nitrogens is 3. The second-order valence-electron chi connectivity index (χ2n) is 8.11. The van der Waals surface area contributed by atoms with E-state index in [0.717, 1.165) is 12.8 Å². The minimum atomic E-state index is -0.332. The molecule has 5 rings (SSSR count). The summed E-state index contributed by atoms with van der Waals surface area (Å²) < 4.78 is 1.39. The fourth-order valence-electron chi connectivity index (χ4n) is 3.93. The molecule has 0 saturated carbocycles. The monoisotopic (exact) mass is 464 g/mol. The molecule has 0 aliphatic heterocycles. The Balaban J connectivity index is 1.48. The Hall–Kier alpha value is -4.72. The number of anilines is 1. The molecule has 4 N–H and O–H groups in total. The summed E-state index contributed by atoms with van der Waals surface area (Å²) in [6, 6.07) is 24.3. The number of aryl methyl sites for hydroxylation is 1. The molecule has 5 aromatic rings. The molecular weight excluding hydrogens is 440 g/mol. The van der Waals surface area contributed by atoms with Crippen molar-refractivity contribution in [2.45, 2.75) is 12.8 Å². The Bertz CT molecular complexity index is 1540. The SMILES string of the molecule is Nc1c(C(=O)NCCCc2ccccc2)c2nc3ccccc3nc2n1N=Cc1ccccc1O. The fourth-order valence-corrected chi connectivity index (χ4v) is 3.93. The molecule has 0 atom stereocenters. The van der Waals surface area contributed by atoms with Crippen molar-refractivity contribution in [1.29, 1.82) is 0 Å². The molecule has 0 unspecified atom stereocenters. The summed E-state index contributed by atoms with van der Waals surface area (Å²) in [6.45, 7) is 0.488. The van der Waals surface area contributed by atoms with Crippen LogP contribution in [0.1, 0.15) is 27.9 Å². The summed E-state index contributed by atoms with van der Waals surface area (Å²) in [5, 5.41) is 17.5. The number of hydrogen-bond acceptors (Lipinski definition) is 6. The lowest BCUT2D eigenvalue weighted by Gasteiger charge is -2.06. The maximum absolute atomic E-state index is 13.2. The molecule has 8 nitrogen and oxygen atoms in total. The molecule has 0 aliphatic carbocycles. The van der Waals surface area contributed by atoms with Crippen molar-refractivity contribution >= 4 is 40.1 Å². The first-order valence-electron chi connectivity index (χ1n) is 11.3. The summed E-state index contributed by atoms with van der Waals surface area (Å²) in [5.41, 5.74) is 10.4. The van der Waals surface area contributed by atoms with Gasteiger partial charge >= 0.3 is 0 Å². The van der Waals surface area contributed by atoms with Gasteiger partial charge in [0.1, 0.15) is 22.6 Å². The highest BCUT2D eigenvalue weighted by atomic mass is 16.3. The molecule has 0 aliphatic rings. The van der Waals surface area contributed by atoms with Crippen molar-refractivity contribution in [3.05, 3.63) is 95.6 Å². The van der Waals surface area contributed by atoms with E-state index >= 15 is 0 Å². The number of aromatic hydroxyl groups is 1. The van der Waals surface area contributed by atoms with Crippen LogP contribution in [0.3, 0.4) is 0 Å². The first-order chi connectivity index (χ1) is 17.1. The molecule has 1 amide bonds. The van der Waals surface area contributed by atoms with Crippen LogP contribution in [0.5, 0.6) is 5.75 Å². The molecule has 2 aromatic heterocycles. The third-order valence-electron chi connectivity index (χ3n) is 5.72. The number of para-hydroxylation sites is 3. The Morgan fingerprint density at radius 2 is 1.66 bits per heavy atom. The maximum Gasteiger partial charge on any atom is 0.257 e. The van der Waals surface area contributed by atoms with Gasteiger partial charge in [-0.2, -0.15) is 9.78 Å². The van der Waals surface area contributed by atoms with Gasteiger partial charge in [0, 0.05) is 12.1 Å². The number of nitrogens with two attached hydrogens (primary N) is 1. The van der Waals surface area contributed by atoms with E-state index in [4.69, 9.17) is 5.73 Å². The third-order valence-corrected chi connectivity index (χ3v) is 5.72. The zero-order valence-corrected chi connectivity index (χ0v) is 18.9. The number of rotatable bonds is 7. The lowest BCUT2D eigenvalue weighted by molar-refractivity contribution is 0.0955. The van der Waals surface area contributed by atoms with Crippen LogP contribution in [0.25, 0.3) is 22.2 Å². The predicted octanol–water partition coefficient (Wildman–Crippen LogP) is 4.12. The molecule has 0 fully saturated rings. The fraction of sp³-hybridized carbons (Fsp3) is 0.111. The van der Waals surface area contributed by atoms with Gasteiger partial charge in [-0.25, -0.2) is 9.97 Å². The Kier molecular flexibility index (Phi) is 6.09. The van der Waals surface area contributed by atoms with Crippen molar-refractivity contribution in [3.63, 3.8) is 0 Å². The summed E-state index contributed by atoms with van der Waals surface area (Å²) >= 11 is 0. The molecule has 0 spiro atoms. The number of hydrogen-bond donors (Lipinski definition) is 3. The minimum absolute atomic E-state index is 0.0826. The van der Waals surface area contributed by atoms with Crippen molar-refractivity contribution in [1.82, 2.24) is 20.0 Å². The van der Waals surface area contributed by atoms with Crippen LogP contribution in [0.2, 0.25) is 0 Å². The highest BCUT2D eigenvalue weighted by Gasteiger charge is 2.24. The number of carbonyl (C=O) groups excluding carboxylic acids is 1. The normalized spacial score (nSPS) is 11.4. The molecule has 0 bridgehead atoms. The average molecular weight is 465 g/mol. The maximum atomic E-state index is 13.2. The van der Waals surface area contributed by atoms with Crippen LogP contribution >= 0.6 is 0 Å². The Labute approximate surface area is 201 Å². The number of fused-ring (bicyclic) bond motifs is 2. The number of nitrogens with one attached hydrogen (secondary N) is 1. The zero-order valence-electron chi connectivity index (χ0n) is 18.9. The van der Waals surface area contributed by atoms with Crippen molar-refractivity contribution in [3.8, 4) is 5.75 Å². The van der Waals surface area contributed by atoms with Gasteiger partial charge in [-0.1, -0.05) is 54.6 Å². The number of phenols is 1. The van der Waals surface area contributed by atoms with Gasteiger partial charge in [0.05, 0.1) is 17.2 Å². The molecular formula is C27H24N6O2. The number of phenolic OH excluding ortho intramolecular Hbond substituents is 1. The number of nitrogens with zero attached hydrogens (tertiary/aromatic N) is 4. The van der Waals surface area contributed by atoms with Gasteiger partial charge in [0.15, 0.2) is 5.65 Å². The second-order valence-corrected chi connectivity index (χ2v) is 8.11. The lowest BCUT2D eigenvalue weighted by Crippen LogP contribution is -2.25. The van der Waals surface area contributed by atoms with Gasteiger partial charge < -0.3 is 16.2 Å². The van der Waals surface area contributed by atoms with Crippen molar-refractivity contribution in [2.24, 2.45) is 5.10 Å². The highest BCUT2D eigenvalue weighted by molar-refractivity contribution is 6.10. The Morgan fingerprint density at radius 3 is 2.43 bits per heavy atom. The number of benzene rings is 3. The van der Waals surface area contributed by atoms with Crippen LogP contribution in [0.15, 0.2) is 84.0 Å². The van der Waals surface area contributed by atoms with Crippen molar-refractivity contribution < 1.29 is 9.90 Å². The summed E-state index contributed by atoms with van der Waals surface area (Å²) in [6.07, 6.45) is 3.12. The number of carbonyl (C=O) groups is 1. The van der Waals surface area contributed by atoms with Crippen LogP contribution in [0.4, 0.5) is 5.82 Å². The van der Waals surface area contributed by atoms with E-state index in [0.29, 0.717) is 34.3 Å². The van der Waals surface area contributed by atoms with Gasteiger partial charge in [-0.3, -0.25) is 4.79 Å². The molecule has 3 aromatic carbocycles. The highest BCUT2D eigenvalue weighted by Crippen LogP contribution is 2.28. The number of nitrogen functional groups attached to an aromatic ring is 1. The second kappa shape index (κ2) is 9.64. The number of amides is 1. The van der Waals surface area contributed by atoms with E-state index in [-0.39, 0.29) is 23.0 Å². The molecule has 0 saturated heterocycles. The van der Waals surface area contributed by atoms with E-state index in [1.165, 1.54) is 16.5 Å². The first-order valence-corrected chi connectivity index (χ1v) is 11.3. The molecule has 2 heterocycles. The first kappa shape index (κ1) is 22.1. The molecule has 35 heavy (non-hydrogen) atoms. The summed E-state index contributed by atoms with van der Waals surface area (Å²) in [5.74, 6) is -0.122. The summed E-state index contributed by atoms with van der Waals surface area (Å²) in [4.78, 5) is 22.6. The minimum Gasteiger partial charge on any atom is -0.507 e. The lowest BCUT2D eigenvalue weighted by atomic mass is 10.1. The van der Waals surface area contributed by atoms with Crippen molar-refractivity contribution in [2.75, 3.05) is 12.3 Å². The quantitative estimate of drug-likeness (QED) is 0.247. The molecule has 8 heteroatoms. The topological polar surface area (TPSA) is 118 Å². The van der Waals surface area contributed by atoms with Crippen LogP contribution < -0.4 is 11.1 Å². The Morgan fingerprint density at radius 1 is 0.971 bits per heavy atom. The van der Waals surface area contributed by atoms with Gasteiger partial charge in [0.25, 0.3) is 5.91 Å². The van der Waals surface area contributed by atoms with E-state index < -0.39 is 0 Å². The van der Waals surface area contributed by atoms with E-state index in [2.05, 4.69) is 32.5 Å². The molecule has 174 valence electrons. The van der Waals surface area contributed by atoms with Crippen LogP contribution in [-0.2, 0) is 6.42 Å². The standard InChI is InChI=1S/C27H24N6O2/c28-25-23(27(35)29-16-8-11-18-9-2-1-3-10-18)24-26(32-21-14-6-5-13-20(21)31-24)33(25)30-17-19-12-4-7-15-22(19)34/h1-7,9-10,12-15,17,34H,8,11,16,28H2,(H,29,35). The van der Waals surface area contributed by atoms with Crippen LogP contribution in [-0.4, -0.2) is 38.4 Å². The van der Waals surface area contributed by atoms with Gasteiger partial charge in [-0.15, -0.1) is 0 Å². The largest absolute Gasteiger partial charge is 0.507 e.